The lowest BCUT2D eigenvalue weighted by Gasteiger charge is -2.04. The van der Waals surface area contributed by atoms with Gasteiger partial charge in [0.05, 0.1) is 26.7 Å². The number of para-hydroxylation sites is 1. The minimum atomic E-state index is -3.75. The Hall–Kier alpha value is -2.43. The molecule has 0 aliphatic heterocycles. The van der Waals surface area contributed by atoms with Crippen molar-refractivity contribution in [3.05, 3.63) is 54.1 Å². The third-order valence-electron chi connectivity index (χ3n) is 2.79. The molecule has 21 heavy (non-hydrogen) atoms. The number of sulfonamides is 1. The standard InChI is InChI=1S/C14H9N3O2S2/c15-9-10-4-3-5-11(8-10)21(18,19)17-14-16-12-6-1-2-7-13(12)20-14/h1-8H,(H,16,17). The van der Waals surface area contributed by atoms with Crippen LogP contribution >= 0.6 is 11.3 Å². The number of benzene rings is 2. The fourth-order valence-corrected chi connectivity index (χ4v) is 3.97. The van der Waals surface area contributed by atoms with Gasteiger partial charge >= 0.3 is 0 Å². The summed E-state index contributed by atoms with van der Waals surface area (Å²) in [6, 6.07) is 15.2. The second-order valence-electron chi connectivity index (χ2n) is 4.23. The molecule has 7 heteroatoms. The van der Waals surface area contributed by atoms with Gasteiger partial charge in [-0.3, -0.25) is 4.72 Å². The molecule has 2 aromatic carbocycles. The van der Waals surface area contributed by atoms with Gasteiger partial charge in [-0.25, -0.2) is 13.4 Å². The summed E-state index contributed by atoms with van der Waals surface area (Å²) < 4.78 is 27.9. The molecule has 0 aliphatic carbocycles. The first-order valence-corrected chi connectivity index (χ1v) is 8.27. The number of fused-ring (bicyclic) bond motifs is 1. The van der Waals surface area contributed by atoms with E-state index in [0.717, 1.165) is 10.2 Å². The van der Waals surface area contributed by atoms with Crippen LogP contribution in [-0.4, -0.2) is 13.4 Å². The van der Waals surface area contributed by atoms with Gasteiger partial charge in [-0.15, -0.1) is 0 Å². The Bertz CT molecular complexity index is 923. The van der Waals surface area contributed by atoms with E-state index >= 15 is 0 Å². The van der Waals surface area contributed by atoms with Crippen LogP contribution in [0.5, 0.6) is 0 Å². The first-order valence-electron chi connectivity index (χ1n) is 5.97. The number of thiazole rings is 1. The Kier molecular flexibility index (Phi) is 3.33. The summed E-state index contributed by atoms with van der Waals surface area (Å²) in [5.74, 6) is 0. The molecule has 1 heterocycles. The SMILES string of the molecule is N#Cc1cccc(S(=O)(=O)Nc2nc3ccccc3s2)c1. The van der Waals surface area contributed by atoms with Crippen LogP contribution in [0.15, 0.2) is 53.4 Å². The van der Waals surface area contributed by atoms with Crippen LogP contribution in [0.3, 0.4) is 0 Å². The van der Waals surface area contributed by atoms with Crippen LogP contribution in [0.25, 0.3) is 10.2 Å². The zero-order chi connectivity index (χ0) is 14.9. The van der Waals surface area contributed by atoms with Gasteiger partial charge in [0.25, 0.3) is 10.0 Å². The minimum Gasteiger partial charge on any atom is -0.255 e. The van der Waals surface area contributed by atoms with Crippen LogP contribution in [0, 0.1) is 11.3 Å². The highest BCUT2D eigenvalue weighted by Gasteiger charge is 2.16. The van der Waals surface area contributed by atoms with Crippen molar-refractivity contribution in [2.24, 2.45) is 0 Å². The molecule has 0 saturated heterocycles. The Morgan fingerprint density at radius 2 is 1.95 bits per heavy atom. The Morgan fingerprint density at radius 1 is 1.14 bits per heavy atom. The van der Waals surface area contributed by atoms with Gasteiger partial charge < -0.3 is 0 Å². The molecular weight excluding hydrogens is 306 g/mol. The van der Waals surface area contributed by atoms with Crippen molar-refractivity contribution in [3.63, 3.8) is 0 Å². The number of rotatable bonds is 3. The van der Waals surface area contributed by atoms with Crippen molar-refractivity contribution in [1.29, 1.82) is 5.26 Å². The lowest BCUT2D eigenvalue weighted by Crippen LogP contribution is -2.12. The number of nitrogens with one attached hydrogen (secondary N) is 1. The highest BCUT2D eigenvalue weighted by Crippen LogP contribution is 2.27. The topological polar surface area (TPSA) is 82.8 Å². The first-order chi connectivity index (χ1) is 10.1. The molecule has 1 N–H and O–H groups in total. The zero-order valence-electron chi connectivity index (χ0n) is 10.6. The summed E-state index contributed by atoms with van der Waals surface area (Å²) in [7, 11) is -3.75. The number of hydrogen-bond acceptors (Lipinski definition) is 5. The zero-order valence-corrected chi connectivity index (χ0v) is 12.3. The van der Waals surface area contributed by atoms with Crippen molar-refractivity contribution in [2.75, 3.05) is 4.72 Å². The summed E-state index contributed by atoms with van der Waals surface area (Å²) >= 11 is 1.26. The quantitative estimate of drug-likeness (QED) is 0.805. The molecule has 0 spiro atoms. The molecule has 3 rings (SSSR count). The molecule has 1 aromatic heterocycles. The molecule has 0 unspecified atom stereocenters. The van der Waals surface area contributed by atoms with Gasteiger partial charge in [0.15, 0.2) is 5.13 Å². The van der Waals surface area contributed by atoms with Gasteiger partial charge in [-0.2, -0.15) is 5.26 Å². The van der Waals surface area contributed by atoms with E-state index in [2.05, 4.69) is 9.71 Å². The highest BCUT2D eigenvalue weighted by atomic mass is 32.2. The molecule has 0 amide bonds. The van der Waals surface area contributed by atoms with E-state index in [4.69, 9.17) is 5.26 Å². The van der Waals surface area contributed by atoms with Crippen LogP contribution in [-0.2, 0) is 10.0 Å². The monoisotopic (exact) mass is 315 g/mol. The normalized spacial score (nSPS) is 11.2. The van der Waals surface area contributed by atoms with Crippen LogP contribution in [0.2, 0.25) is 0 Å². The van der Waals surface area contributed by atoms with Crippen molar-refractivity contribution >= 4 is 36.7 Å². The molecular formula is C14H9N3O2S2. The van der Waals surface area contributed by atoms with E-state index in [9.17, 15) is 8.42 Å². The second kappa shape index (κ2) is 5.16. The van der Waals surface area contributed by atoms with Crippen LogP contribution in [0.4, 0.5) is 5.13 Å². The van der Waals surface area contributed by atoms with Crippen molar-refractivity contribution < 1.29 is 8.42 Å². The number of nitriles is 1. The Balaban J connectivity index is 1.97. The Labute approximate surface area is 125 Å². The van der Waals surface area contributed by atoms with Gasteiger partial charge in [-0.1, -0.05) is 29.5 Å². The molecule has 0 saturated carbocycles. The molecule has 0 bridgehead atoms. The third-order valence-corrected chi connectivity index (χ3v) is 5.21. The van der Waals surface area contributed by atoms with Gasteiger partial charge in [0, 0.05) is 0 Å². The van der Waals surface area contributed by atoms with E-state index in [1.54, 1.807) is 6.07 Å². The molecule has 104 valence electrons. The lowest BCUT2D eigenvalue weighted by molar-refractivity contribution is 0.601. The molecule has 0 atom stereocenters. The summed E-state index contributed by atoms with van der Waals surface area (Å²) in [6.07, 6.45) is 0. The average Bonchev–Trinajstić information content (AvgIpc) is 2.88. The van der Waals surface area contributed by atoms with Crippen molar-refractivity contribution in [3.8, 4) is 6.07 Å². The van der Waals surface area contributed by atoms with Crippen molar-refractivity contribution in [1.82, 2.24) is 4.98 Å². The van der Waals surface area contributed by atoms with E-state index in [1.165, 1.54) is 29.5 Å². The van der Waals surface area contributed by atoms with Gasteiger partial charge in [0.2, 0.25) is 0 Å². The number of anilines is 1. The first kappa shape index (κ1) is 13.5. The van der Waals surface area contributed by atoms with E-state index < -0.39 is 10.0 Å². The molecule has 0 aliphatic rings. The molecule has 0 fully saturated rings. The predicted octanol–water partition coefficient (Wildman–Crippen LogP) is 2.97. The average molecular weight is 315 g/mol. The van der Waals surface area contributed by atoms with E-state index in [-0.39, 0.29) is 4.90 Å². The van der Waals surface area contributed by atoms with Crippen molar-refractivity contribution in [2.45, 2.75) is 4.90 Å². The minimum absolute atomic E-state index is 0.0424. The van der Waals surface area contributed by atoms with Crippen LogP contribution in [0.1, 0.15) is 5.56 Å². The second-order valence-corrected chi connectivity index (χ2v) is 6.94. The molecule has 5 nitrogen and oxygen atoms in total. The number of nitrogens with zero attached hydrogens (tertiary/aromatic N) is 2. The summed E-state index contributed by atoms with van der Waals surface area (Å²) in [6.45, 7) is 0. The Morgan fingerprint density at radius 3 is 2.71 bits per heavy atom. The maximum Gasteiger partial charge on any atom is 0.263 e. The summed E-state index contributed by atoms with van der Waals surface area (Å²) in [5.41, 5.74) is 1.04. The number of aromatic nitrogens is 1. The van der Waals surface area contributed by atoms with E-state index in [1.807, 2.05) is 30.3 Å². The summed E-state index contributed by atoms with van der Waals surface area (Å²) in [4.78, 5) is 4.27. The van der Waals surface area contributed by atoms with Gasteiger partial charge in [-0.05, 0) is 30.3 Å². The predicted molar refractivity (Wildman–Crippen MR) is 81.6 cm³/mol. The maximum absolute atomic E-state index is 12.3. The molecule has 0 radical (unpaired) electrons. The van der Waals surface area contributed by atoms with Crippen LogP contribution < -0.4 is 4.72 Å². The van der Waals surface area contributed by atoms with Gasteiger partial charge in [0.1, 0.15) is 0 Å². The summed E-state index contributed by atoms with van der Waals surface area (Å²) in [5, 5.41) is 9.14. The largest absolute Gasteiger partial charge is 0.263 e. The highest BCUT2D eigenvalue weighted by molar-refractivity contribution is 7.93. The fraction of sp³-hybridized carbons (Fsp3) is 0. The molecule has 3 aromatic rings. The number of hydrogen-bond donors (Lipinski definition) is 1. The lowest BCUT2D eigenvalue weighted by atomic mass is 10.2. The smallest absolute Gasteiger partial charge is 0.255 e. The van der Waals surface area contributed by atoms with E-state index in [0.29, 0.717) is 10.7 Å². The third kappa shape index (κ3) is 2.72. The fourth-order valence-electron chi connectivity index (χ4n) is 1.82. The maximum atomic E-state index is 12.3.